The van der Waals surface area contributed by atoms with Crippen molar-refractivity contribution in [2.75, 3.05) is 0 Å². The van der Waals surface area contributed by atoms with Crippen LogP contribution in [0.3, 0.4) is 0 Å². The van der Waals surface area contributed by atoms with E-state index in [-0.39, 0.29) is 5.82 Å². The fourth-order valence-electron chi connectivity index (χ4n) is 2.05. The van der Waals surface area contributed by atoms with Crippen molar-refractivity contribution in [3.8, 4) is 0 Å². The maximum absolute atomic E-state index is 13.5. The lowest BCUT2D eigenvalue weighted by Crippen LogP contribution is -1.82. The Balaban J connectivity index is 2.04. The number of para-hydroxylation sites is 1. The Bertz CT molecular complexity index is 742. The number of pyridine rings is 1. The van der Waals surface area contributed by atoms with Gasteiger partial charge >= 0.3 is 0 Å². The molecule has 1 aromatic heterocycles. The standard InChI is InChI=1S/C17H12FN/c18-16-7-3-1-5-14(16)10-9-13-11-12-19-17-8-4-2-6-15(13)17/h1-12H/b10-9+. The first-order valence-corrected chi connectivity index (χ1v) is 6.11. The highest BCUT2D eigenvalue weighted by molar-refractivity contribution is 5.90. The van der Waals surface area contributed by atoms with Crippen LogP contribution >= 0.6 is 0 Å². The maximum atomic E-state index is 13.5. The summed E-state index contributed by atoms with van der Waals surface area (Å²) in [6.45, 7) is 0. The van der Waals surface area contributed by atoms with E-state index in [1.54, 1.807) is 24.4 Å². The van der Waals surface area contributed by atoms with E-state index in [1.165, 1.54) is 6.07 Å². The van der Waals surface area contributed by atoms with E-state index in [1.807, 2.05) is 42.5 Å². The molecule has 0 fully saturated rings. The van der Waals surface area contributed by atoms with Gasteiger partial charge in [0.2, 0.25) is 0 Å². The molecule has 0 saturated carbocycles. The normalized spacial score (nSPS) is 11.2. The number of halogens is 1. The van der Waals surface area contributed by atoms with Gasteiger partial charge in [-0.15, -0.1) is 0 Å². The molecule has 0 spiro atoms. The van der Waals surface area contributed by atoms with Crippen LogP contribution in [-0.2, 0) is 0 Å². The zero-order valence-electron chi connectivity index (χ0n) is 10.3. The molecule has 92 valence electrons. The first-order valence-electron chi connectivity index (χ1n) is 6.11. The first-order chi connectivity index (χ1) is 9.34. The fraction of sp³-hybridized carbons (Fsp3) is 0. The Labute approximate surface area is 111 Å². The largest absolute Gasteiger partial charge is 0.256 e. The number of hydrogen-bond acceptors (Lipinski definition) is 1. The van der Waals surface area contributed by atoms with Crippen LogP contribution in [0.5, 0.6) is 0 Å². The second-order valence-corrected chi connectivity index (χ2v) is 4.27. The summed E-state index contributed by atoms with van der Waals surface area (Å²) >= 11 is 0. The lowest BCUT2D eigenvalue weighted by molar-refractivity contribution is 0.625. The van der Waals surface area contributed by atoms with Crippen LogP contribution in [0, 0.1) is 5.82 Å². The Morgan fingerprint density at radius 3 is 2.42 bits per heavy atom. The van der Waals surface area contributed by atoms with Crippen molar-refractivity contribution in [3.63, 3.8) is 0 Å². The summed E-state index contributed by atoms with van der Waals surface area (Å²) in [5.41, 5.74) is 2.57. The fourth-order valence-corrected chi connectivity index (χ4v) is 2.05. The molecular formula is C17H12FN. The highest BCUT2D eigenvalue weighted by atomic mass is 19.1. The summed E-state index contributed by atoms with van der Waals surface area (Å²) in [5.74, 6) is -0.211. The lowest BCUT2D eigenvalue weighted by atomic mass is 10.1. The predicted molar refractivity (Wildman–Crippen MR) is 77.1 cm³/mol. The van der Waals surface area contributed by atoms with Crippen molar-refractivity contribution < 1.29 is 4.39 Å². The lowest BCUT2D eigenvalue weighted by Gasteiger charge is -2.01. The number of aromatic nitrogens is 1. The van der Waals surface area contributed by atoms with Gasteiger partial charge in [-0.25, -0.2) is 4.39 Å². The van der Waals surface area contributed by atoms with Gasteiger partial charge in [-0.1, -0.05) is 48.6 Å². The van der Waals surface area contributed by atoms with Crippen LogP contribution in [-0.4, -0.2) is 4.98 Å². The Hall–Kier alpha value is -2.48. The van der Waals surface area contributed by atoms with Crippen LogP contribution in [0.25, 0.3) is 23.1 Å². The smallest absolute Gasteiger partial charge is 0.130 e. The van der Waals surface area contributed by atoms with Crippen LogP contribution in [0.1, 0.15) is 11.1 Å². The molecule has 3 rings (SSSR count). The van der Waals surface area contributed by atoms with Crippen molar-refractivity contribution in [2.24, 2.45) is 0 Å². The van der Waals surface area contributed by atoms with Crippen LogP contribution in [0.2, 0.25) is 0 Å². The highest BCUT2D eigenvalue weighted by Gasteiger charge is 1.99. The number of benzene rings is 2. The Morgan fingerprint density at radius 1 is 0.789 bits per heavy atom. The van der Waals surface area contributed by atoms with Crippen molar-refractivity contribution in [2.45, 2.75) is 0 Å². The summed E-state index contributed by atoms with van der Waals surface area (Å²) in [5, 5.41) is 1.07. The van der Waals surface area contributed by atoms with Gasteiger partial charge < -0.3 is 0 Å². The Kier molecular flexibility index (Phi) is 3.07. The number of fused-ring (bicyclic) bond motifs is 1. The first kappa shape index (κ1) is 11.6. The molecule has 1 heterocycles. The third kappa shape index (κ3) is 2.38. The van der Waals surface area contributed by atoms with Crippen molar-refractivity contribution >= 4 is 23.1 Å². The monoisotopic (exact) mass is 249 g/mol. The van der Waals surface area contributed by atoms with E-state index < -0.39 is 0 Å². The molecular weight excluding hydrogens is 237 g/mol. The highest BCUT2D eigenvalue weighted by Crippen LogP contribution is 2.19. The van der Waals surface area contributed by atoms with Crippen molar-refractivity contribution in [1.29, 1.82) is 0 Å². The summed E-state index contributed by atoms with van der Waals surface area (Å²) in [6.07, 6.45) is 5.48. The van der Waals surface area contributed by atoms with E-state index in [0.29, 0.717) is 5.56 Å². The van der Waals surface area contributed by atoms with Gasteiger partial charge in [0, 0.05) is 17.1 Å². The zero-order valence-corrected chi connectivity index (χ0v) is 10.3. The minimum absolute atomic E-state index is 0.211. The SMILES string of the molecule is Fc1ccccc1/C=C/c1ccnc2ccccc12. The molecule has 1 nitrogen and oxygen atoms in total. The van der Waals surface area contributed by atoms with E-state index in [0.717, 1.165) is 16.5 Å². The number of hydrogen-bond donors (Lipinski definition) is 0. The average Bonchev–Trinajstić information content (AvgIpc) is 2.46. The second-order valence-electron chi connectivity index (χ2n) is 4.27. The number of nitrogens with zero attached hydrogens (tertiary/aromatic N) is 1. The molecule has 0 aliphatic rings. The van der Waals surface area contributed by atoms with Crippen LogP contribution < -0.4 is 0 Å². The molecule has 0 N–H and O–H groups in total. The van der Waals surface area contributed by atoms with E-state index in [4.69, 9.17) is 0 Å². The molecule has 19 heavy (non-hydrogen) atoms. The quantitative estimate of drug-likeness (QED) is 0.649. The van der Waals surface area contributed by atoms with Gasteiger partial charge in [0.05, 0.1) is 5.52 Å². The summed E-state index contributed by atoms with van der Waals surface area (Å²) < 4.78 is 13.5. The van der Waals surface area contributed by atoms with Gasteiger partial charge in [0.25, 0.3) is 0 Å². The van der Waals surface area contributed by atoms with Gasteiger partial charge in [0.1, 0.15) is 5.82 Å². The molecule has 2 aromatic carbocycles. The molecule has 0 amide bonds. The van der Waals surface area contributed by atoms with Crippen molar-refractivity contribution in [1.82, 2.24) is 4.98 Å². The van der Waals surface area contributed by atoms with Gasteiger partial charge in [-0.2, -0.15) is 0 Å². The molecule has 0 radical (unpaired) electrons. The van der Waals surface area contributed by atoms with Crippen molar-refractivity contribution in [3.05, 3.63) is 77.7 Å². The van der Waals surface area contributed by atoms with Gasteiger partial charge in [-0.05, 0) is 23.8 Å². The molecule has 3 aromatic rings. The summed E-state index contributed by atoms with van der Waals surface area (Å²) in [4.78, 5) is 4.31. The maximum Gasteiger partial charge on any atom is 0.130 e. The van der Waals surface area contributed by atoms with Gasteiger partial charge in [0.15, 0.2) is 0 Å². The number of rotatable bonds is 2. The van der Waals surface area contributed by atoms with Crippen LogP contribution in [0.15, 0.2) is 60.8 Å². The Morgan fingerprint density at radius 2 is 1.53 bits per heavy atom. The third-order valence-corrected chi connectivity index (χ3v) is 3.03. The summed E-state index contributed by atoms with van der Waals surface area (Å²) in [7, 11) is 0. The zero-order chi connectivity index (χ0) is 13.1. The minimum atomic E-state index is -0.211. The molecule has 0 aliphatic carbocycles. The van der Waals surface area contributed by atoms with E-state index >= 15 is 0 Å². The molecule has 0 atom stereocenters. The topological polar surface area (TPSA) is 12.9 Å². The average molecular weight is 249 g/mol. The molecule has 0 saturated heterocycles. The molecule has 0 aliphatic heterocycles. The second kappa shape index (κ2) is 5.02. The third-order valence-electron chi connectivity index (χ3n) is 3.03. The molecule has 0 bridgehead atoms. The van der Waals surface area contributed by atoms with E-state index in [2.05, 4.69) is 4.98 Å². The summed E-state index contributed by atoms with van der Waals surface area (Å²) in [6, 6.07) is 16.6. The molecule has 0 unspecified atom stereocenters. The predicted octanol–water partition coefficient (Wildman–Crippen LogP) is 4.54. The minimum Gasteiger partial charge on any atom is -0.256 e. The van der Waals surface area contributed by atoms with Crippen LogP contribution in [0.4, 0.5) is 4.39 Å². The molecule has 2 heteroatoms. The van der Waals surface area contributed by atoms with E-state index in [9.17, 15) is 4.39 Å². The van der Waals surface area contributed by atoms with Gasteiger partial charge in [-0.3, -0.25) is 4.98 Å².